The first kappa shape index (κ1) is 18.5. The van der Waals surface area contributed by atoms with E-state index in [1.54, 1.807) is 0 Å². The Labute approximate surface area is 160 Å². The third-order valence-electron chi connectivity index (χ3n) is 5.82. The first-order valence-electron chi connectivity index (χ1n) is 10.1. The van der Waals surface area contributed by atoms with Crippen molar-refractivity contribution in [1.82, 2.24) is 9.47 Å². The molecule has 4 rings (SSSR count). The van der Waals surface area contributed by atoms with Gasteiger partial charge in [-0.15, -0.1) is 0 Å². The van der Waals surface area contributed by atoms with E-state index in [0.717, 1.165) is 70.3 Å². The number of hydrogen-bond donors (Lipinski definition) is 1. The van der Waals surface area contributed by atoms with E-state index in [-0.39, 0.29) is 12.0 Å². The van der Waals surface area contributed by atoms with Crippen molar-refractivity contribution < 1.29 is 14.3 Å². The van der Waals surface area contributed by atoms with Crippen molar-refractivity contribution in [3.05, 3.63) is 16.8 Å². The number of fused-ring (bicyclic) bond motifs is 1. The number of carbonyl (C=O) groups excluding carboxylic acids is 1. The fraction of sp³-hybridized carbons (Fsp3) is 0.700. The van der Waals surface area contributed by atoms with Crippen LogP contribution in [0.1, 0.15) is 42.5 Å². The van der Waals surface area contributed by atoms with Gasteiger partial charge >= 0.3 is 0 Å². The molecule has 1 aromatic rings. The third-order valence-corrected chi connectivity index (χ3v) is 5.82. The maximum absolute atomic E-state index is 12.7. The molecule has 1 unspecified atom stereocenters. The molecule has 2 fully saturated rings. The summed E-state index contributed by atoms with van der Waals surface area (Å²) in [5, 5.41) is 12.9. The molecule has 146 valence electrons. The second kappa shape index (κ2) is 8.42. The van der Waals surface area contributed by atoms with Gasteiger partial charge in [0.15, 0.2) is 0 Å². The van der Waals surface area contributed by atoms with E-state index in [1.807, 2.05) is 0 Å². The molecule has 2 saturated heterocycles. The van der Waals surface area contributed by atoms with Crippen LogP contribution in [-0.2, 0) is 33.7 Å². The number of amides is 1. The lowest BCUT2D eigenvalue weighted by Gasteiger charge is -2.26. The molecule has 1 aromatic heterocycles. The van der Waals surface area contributed by atoms with Crippen molar-refractivity contribution >= 4 is 11.7 Å². The van der Waals surface area contributed by atoms with Gasteiger partial charge in [0, 0.05) is 25.4 Å². The SMILES string of the molecule is N#Cc1c2c(n(CC3CCCO3)c1NC(=O)CN1CCOCC1)CCCC2. The maximum Gasteiger partial charge on any atom is 0.239 e. The summed E-state index contributed by atoms with van der Waals surface area (Å²) in [4.78, 5) is 14.8. The smallest absolute Gasteiger partial charge is 0.239 e. The van der Waals surface area contributed by atoms with E-state index in [1.165, 1.54) is 5.69 Å². The van der Waals surface area contributed by atoms with Crippen LogP contribution in [0.2, 0.25) is 0 Å². The lowest BCUT2D eigenvalue weighted by molar-refractivity contribution is -0.118. The van der Waals surface area contributed by atoms with Crippen molar-refractivity contribution in [2.45, 2.75) is 51.2 Å². The largest absolute Gasteiger partial charge is 0.379 e. The summed E-state index contributed by atoms with van der Waals surface area (Å²) in [5.74, 6) is 0.620. The summed E-state index contributed by atoms with van der Waals surface area (Å²) in [6.07, 6.45) is 6.42. The van der Waals surface area contributed by atoms with Crippen LogP contribution >= 0.6 is 0 Å². The Kier molecular flexibility index (Phi) is 5.77. The van der Waals surface area contributed by atoms with E-state index in [0.29, 0.717) is 31.1 Å². The summed E-state index contributed by atoms with van der Waals surface area (Å²) in [7, 11) is 0. The van der Waals surface area contributed by atoms with Gasteiger partial charge in [0.05, 0.1) is 38.0 Å². The van der Waals surface area contributed by atoms with Crippen molar-refractivity contribution in [3.8, 4) is 6.07 Å². The summed E-state index contributed by atoms with van der Waals surface area (Å²) < 4.78 is 13.4. The van der Waals surface area contributed by atoms with Gasteiger partial charge in [0.2, 0.25) is 5.91 Å². The number of morpholine rings is 1. The van der Waals surface area contributed by atoms with E-state index in [2.05, 4.69) is 20.9 Å². The number of aromatic nitrogens is 1. The van der Waals surface area contributed by atoms with E-state index in [9.17, 15) is 10.1 Å². The topological polar surface area (TPSA) is 79.5 Å². The van der Waals surface area contributed by atoms with Crippen LogP contribution in [-0.4, -0.2) is 60.9 Å². The molecule has 0 bridgehead atoms. The lowest BCUT2D eigenvalue weighted by Crippen LogP contribution is -2.41. The van der Waals surface area contributed by atoms with Gasteiger partial charge in [-0.25, -0.2) is 0 Å². The van der Waals surface area contributed by atoms with Gasteiger partial charge in [0.25, 0.3) is 0 Å². The molecule has 3 aliphatic rings. The predicted octanol–water partition coefficient (Wildman–Crippen LogP) is 1.69. The quantitative estimate of drug-likeness (QED) is 0.851. The zero-order chi connectivity index (χ0) is 18.6. The Bertz CT molecular complexity index is 725. The molecule has 1 atom stereocenters. The number of nitrogens with zero attached hydrogens (tertiary/aromatic N) is 3. The first-order chi connectivity index (χ1) is 13.3. The standard InChI is InChI=1S/C20H28N4O3/c21-12-17-16-5-1-2-6-18(16)24(13-15-4-3-9-27-15)20(17)22-19(25)14-23-7-10-26-11-8-23/h15H,1-11,13-14H2,(H,22,25). The Morgan fingerprint density at radius 2 is 2.00 bits per heavy atom. The molecule has 1 N–H and O–H groups in total. The summed E-state index contributed by atoms with van der Waals surface area (Å²) in [5.41, 5.74) is 3.00. The Balaban J connectivity index is 1.58. The normalized spacial score (nSPS) is 23.0. The van der Waals surface area contributed by atoms with Gasteiger partial charge in [-0.3, -0.25) is 9.69 Å². The van der Waals surface area contributed by atoms with E-state index < -0.39 is 0 Å². The van der Waals surface area contributed by atoms with Crippen LogP contribution < -0.4 is 5.32 Å². The molecular formula is C20H28N4O3. The number of nitriles is 1. The second-order valence-corrected chi connectivity index (χ2v) is 7.65. The van der Waals surface area contributed by atoms with E-state index in [4.69, 9.17) is 9.47 Å². The molecule has 1 amide bonds. The average molecular weight is 372 g/mol. The Morgan fingerprint density at radius 3 is 2.74 bits per heavy atom. The molecule has 0 saturated carbocycles. The van der Waals surface area contributed by atoms with Crippen LogP contribution in [0.3, 0.4) is 0 Å². The molecule has 0 radical (unpaired) electrons. The fourth-order valence-electron chi connectivity index (χ4n) is 4.45. The second-order valence-electron chi connectivity index (χ2n) is 7.65. The number of carbonyl (C=O) groups is 1. The Hall–Kier alpha value is -1.88. The van der Waals surface area contributed by atoms with Crippen molar-refractivity contribution in [2.24, 2.45) is 0 Å². The number of nitrogens with one attached hydrogen (secondary N) is 1. The highest BCUT2D eigenvalue weighted by Crippen LogP contribution is 2.34. The molecule has 0 aromatic carbocycles. The number of hydrogen-bond acceptors (Lipinski definition) is 5. The number of rotatable bonds is 5. The van der Waals surface area contributed by atoms with Crippen molar-refractivity contribution in [1.29, 1.82) is 5.26 Å². The minimum Gasteiger partial charge on any atom is -0.379 e. The highest BCUT2D eigenvalue weighted by Gasteiger charge is 2.28. The van der Waals surface area contributed by atoms with Gasteiger partial charge < -0.3 is 19.4 Å². The molecule has 0 spiro atoms. The van der Waals surface area contributed by atoms with Gasteiger partial charge in [-0.1, -0.05) is 0 Å². The molecule has 2 aliphatic heterocycles. The summed E-state index contributed by atoms with van der Waals surface area (Å²) in [6.45, 7) is 4.73. The minimum absolute atomic E-state index is 0.0585. The van der Waals surface area contributed by atoms with Gasteiger partial charge in [-0.2, -0.15) is 5.26 Å². The Morgan fingerprint density at radius 1 is 1.19 bits per heavy atom. The lowest BCUT2D eigenvalue weighted by atomic mass is 9.95. The average Bonchev–Trinajstić information content (AvgIpc) is 3.30. The number of anilines is 1. The van der Waals surface area contributed by atoms with Crippen LogP contribution in [0.25, 0.3) is 0 Å². The van der Waals surface area contributed by atoms with Gasteiger partial charge in [0.1, 0.15) is 11.9 Å². The van der Waals surface area contributed by atoms with E-state index >= 15 is 0 Å². The van der Waals surface area contributed by atoms with Crippen LogP contribution in [0.5, 0.6) is 0 Å². The van der Waals surface area contributed by atoms with Gasteiger partial charge in [-0.05, 0) is 44.1 Å². The number of ether oxygens (including phenoxy) is 2. The molecular weight excluding hydrogens is 344 g/mol. The predicted molar refractivity (Wildman–Crippen MR) is 101 cm³/mol. The summed E-state index contributed by atoms with van der Waals surface area (Å²) in [6, 6.07) is 2.37. The zero-order valence-electron chi connectivity index (χ0n) is 15.8. The molecule has 27 heavy (non-hydrogen) atoms. The minimum atomic E-state index is -0.0585. The highest BCUT2D eigenvalue weighted by molar-refractivity contribution is 5.93. The zero-order valence-corrected chi connectivity index (χ0v) is 15.8. The fourth-order valence-corrected chi connectivity index (χ4v) is 4.45. The van der Waals surface area contributed by atoms with Crippen LogP contribution in [0.4, 0.5) is 5.82 Å². The molecule has 1 aliphatic carbocycles. The molecule has 3 heterocycles. The summed E-state index contributed by atoms with van der Waals surface area (Å²) >= 11 is 0. The maximum atomic E-state index is 12.7. The monoisotopic (exact) mass is 372 g/mol. The van der Waals surface area contributed by atoms with Crippen molar-refractivity contribution in [3.63, 3.8) is 0 Å². The molecule has 7 heteroatoms. The molecule has 7 nitrogen and oxygen atoms in total. The highest BCUT2D eigenvalue weighted by atomic mass is 16.5. The van der Waals surface area contributed by atoms with Crippen molar-refractivity contribution in [2.75, 3.05) is 44.8 Å². The van der Waals surface area contributed by atoms with Crippen LogP contribution in [0, 0.1) is 11.3 Å². The first-order valence-corrected chi connectivity index (χ1v) is 10.1. The van der Waals surface area contributed by atoms with Crippen LogP contribution in [0.15, 0.2) is 0 Å². The third kappa shape index (κ3) is 4.03.